The van der Waals surface area contributed by atoms with Crippen molar-refractivity contribution in [3.63, 3.8) is 0 Å². The first kappa shape index (κ1) is 18.1. The summed E-state index contributed by atoms with van der Waals surface area (Å²) >= 11 is 0. The number of anilines is 3. The van der Waals surface area contributed by atoms with Crippen LogP contribution in [0.1, 0.15) is 21.5 Å². The van der Waals surface area contributed by atoms with Gasteiger partial charge in [-0.15, -0.1) is 0 Å². The van der Waals surface area contributed by atoms with Crippen molar-refractivity contribution in [2.75, 3.05) is 10.6 Å². The number of nitriles is 1. The maximum Gasteiger partial charge on any atom is 0.255 e. The molecule has 0 saturated carbocycles. The molecule has 0 spiro atoms. The Labute approximate surface area is 167 Å². The highest BCUT2D eigenvalue weighted by molar-refractivity contribution is 6.09. The second-order valence-corrected chi connectivity index (χ2v) is 6.41. The Kier molecular flexibility index (Phi) is 4.82. The summed E-state index contributed by atoms with van der Waals surface area (Å²) in [5, 5.41) is 16.7. The molecule has 1 aromatic carbocycles. The lowest BCUT2D eigenvalue weighted by molar-refractivity contribution is 0.102. The quantitative estimate of drug-likeness (QED) is 0.550. The Hall–Kier alpha value is -4.31. The van der Waals surface area contributed by atoms with Gasteiger partial charge >= 0.3 is 0 Å². The highest BCUT2D eigenvalue weighted by Crippen LogP contribution is 2.26. The predicted molar refractivity (Wildman–Crippen MR) is 111 cm³/mol. The number of hydrogen-bond acceptors (Lipinski definition) is 6. The minimum absolute atomic E-state index is 0.263. The number of fused-ring (bicyclic) bond motifs is 1. The number of pyridine rings is 3. The Morgan fingerprint density at radius 1 is 1.03 bits per heavy atom. The molecule has 0 bridgehead atoms. The van der Waals surface area contributed by atoms with Gasteiger partial charge in [-0.1, -0.05) is 18.2 Å². The van der Waals surface area contributed by atoms with Crippen molar-refractivity contribution in [1.29, 1.82) is 5.26 Å². The van der Waals surface area contributed by atoms with Crippen LogP contribution >= 0.6 is 0 Å². The number of carbonyl (C=O) groups excluding carboxylic acids is 1. The summed E-state index contributed by atoms with van der Waals surface area (Å²) in [6, 6.07) is 14.5. The summed E-state index contributed by atoms with van der Waals surface area (Å²) in [6.45, 7) is 2.00. The van der Waals surface area contributed by atoms with Gasteiger partial charge in [-0.25, -0.2) is 9.97 Å². The summed E-state index contributed by atoms with van der Waals surface area (Å²) < 4.78 is 0. The first-order valence-electron chi connectivity index (χ1n) is 8.88. The zero-order valence-electron chi connectivity index (χ0n) is 15.5. The van der Waals surface area contributed by atoms with E-state index < -0.39 is 0 Å². The van der Waals surface area contributed by atoms with Crippen LogP contribution in [0.25, 0.3) is 10.8 Å². The molecule has 0 unspecified atom stereocenters. The van der Waals surface area contributed by atoms with Gasteiger partial charge in [0, 0.05) is 34.9 Å². The summed E-state index contributed by atoms with van der Waals surface area (Å²) in [7, 11) is 0. The highest BCUT2D eigenvalue weighted by atomic mass is 16.1. The third-order valence-corrected chi connectivity index (χ3v) is 4.41. The Bertz CT molecular complexity index is 1240. The fraction of sp³-hybridized carbons (Fsp3) is 0.0455. The summed E-state index contributed by atoms with van der Waals surface area (Å²) in [4.78, 5) is 25.4. The first-order valence-corrected chi connectivity index (χ1v) is 8.88. The zero-order valence-corrected chi connectivity index (χ0v) is 15.5. The number of rotatable bonds is 4. The molecular formula is C22H16N6O. The van der Waals surface area contributed by atoms with Gasteiger partial charge in [-0.05, 0) is 36.8 Å². The average Bonchev–Trinajstić information content (AvgIpc) is 2.75. The molecule has 0 aliphatic heterocycles. The Balaban J connectivity index is 1.57. The molecule has 1 amide bonds. The van der Waals surface area contributed by atoms with E-state index in [1.165, 1.54) is 6.20 Å². The van der Waals surface area contributed by atoms with E-state index >= 15 is 0 Å². The van der Waals surface area contributed by atoms with Gasteiger partial charge in [-0.3, -0.25) is 9.78 Å². The van der Waals surface area contributed by atoms with Crippen molar-refractivity contribution in [2.45, 2.75) is 6.92 Å². The van der Waals surface area contributed by atoms with Gasteiger partial charge in [0.2, 0.25) is 0 Å². The molecule has 0 aliphatic carbocycles. The van der Waals surface area contributed by atoms with E-state index in [1.54, 1.807) is 42.9 Å². The molecule has 7 nitrogen and oxygen atoms in total. The highest BCUT2D eigenvalue weighted by Gasteiger charge is 2.11. The lowest BCUT2D eigenvalue weighted by Crippen LogP contribution is -2.13. The summed E-state index contributed by atoms with van der Waals surface area (Å²) in [5.74, 6) is 0.741. The Morgan fingerprint density at radius 2 is 1.93 bits per heavy atom. The number of benzene rings is 1. The molecule has 4 rings (SSSR count). The minimum atomic E-state index is -0.263. The monoisotopic (exact) mass is 380 g/mol. The number of aryl methyl sites for hydroxylation is 1. The number of carbonyl (C=O) groups is 1. The van der Waals surface area contributed by atoms with Gasteiger partial charge in [0.1, 0.15) is 17.7 Å². The summed E-state index contributed by atoms with van der Waals surface area (Å²) in [6.07, 6.45) is 6.44. The number of nitrogens with zero attached hydrogens (tertiary/aromatic N) is 4. The van der Waals surface area contributed by atoms with E-state index in [0.717, 1.165) is 16.3 Å². The molecule has 0 atom stereocenters. The second kappa shape index (κ2) is 7.74. The third-order valence-electron chi connectivity index (χ3n) is 4.41. The van der Waals surface area contributed by atoms with Crippen molar-refractivity contribution in [1.82, 2.24) is 15.0 Å². The summed E-state index contributed by atoms with van der Waals surface area (Å²) in [5.41, 5.74) is 2.63. The van der Waals surface area contributed by atoms with Gasteiger partial charge in [0.25, 0.3) is 5.91 Å². The van der Waals surface area contributed by atoms with Crippen LogP contribution < -0.4 is 10.6 Å². The number of hydrogen-bond donors (Lipinski definition) is 2. The molecule has 3 aromatic heterocycles. The Morgan fingerprint density at radius 3 is 2.72 bits per heavy atom. The normalized spacial score (nSPS) is 10.3. The van der Waals surface area contributed by atoms with E-state index in [9.17, 15) is 4.79 Å². The topological polar surface area (TPSA) is 104 Å². The molecule has 2 N–H and O–H groups in total. The predicted octanol–water partition coefficient (Wildman–Crippen LogP) is 4.20. The molecule has 29 heavy (non-hydrogen) atoms. The third kappa shape index (κ3) is 3.87. The van der Waals surface area contributed by atoms with Crippen LogP contribution in [0, 0.1) is 18.3 Å². The van der Waals surface area contributed by atoms with Crippen LogP contribution in [0.3, 0.4) is 0 Å². The van der Waals surface area contributed by atoms with Crippen LogP contribution in [0.5, 0.6) is 0 Å². The van der Waals surface area contributed by atoms with Crippen LogP contribution in [-0.2, 0) is 0 Å². The van der Waals surface area contributed by atoms with Gasteiger partial charge < -0.3 is 10.6 Å². The van der Waals surface area contributed by atoms with Gasteiger partial charge in [-0.2, -0.15) is 5.26 Å². The average molecular weight is 380 g/mol. The number of amides is 1. The zero-order chi connectivity index (χ0) is 20.2. The van der Waals surface area contributed by atoms with Crippen molar-refractivity contribution >= 4 is 34.0 Å². The molecule has 0 saturated heterocycles. The molecule has 0 fully saturated rings. The van der Waals surface area contributed by atoms with Crippen molar-refractivity contribution in [3.05, 3.63) is 83.9 Å². The fourth-order valence-electron chi connectivity index (χ4n) is 3.02. The first-order chi connectivity index (χ1) is 14.1. The largest absolute Gasteiger partial charge is 0.325 e. The van der Waals surface area contributed by atoms with Crippen LogP contribution in [0.2, 0.25) is 0 Å². The molecule has 4 aromatic rings. The smallest absolute Gasteiger partial charge is 0.255 e. The molecule has 0 radical (unpaired) electrons. The standard InChI is InChI=1S/C22H16N6O/c1-14-3-2-4-17-12-24-13-18(21(14)17)27-22(29)16-7-8-25-20(9-16)28-19-6-5-15(10-23)11-26-19/h2-9,11-13H,1H3,(H,27,29)(H,25,26,28). The van der Waals surface area contributed by atoms with Crippen LogP contribution in [0.15, 0.2) is 67.3 Å². The maximum absolute atomic E-state index is 12.8. The van der Waals surface area contributed by atoms with Gasteiger partial charge in [0.15, 0.2) is 0 Å². The second-order valence-electron chi connectivity index (χ2n) is 6.41. The van der Waals surface area contributed by atoms with E-state index in [1.807, 2.05) is 31.2 Å². The van der Waals surface area contributed by atoms with E-state index in [2.05, 4.69) is 25.6 Å². The van der Waals surface area contributed by atoms with Gasteiger partial charge in [0.05, 0.1) is 17.4 Å². The van der Waals surface area contributed by atoms with E-state index in [4.69, 9.17) is 5.26 Å². The lowest BCUT2D eigenvalue weighted by atomic mass is 10.1. The SMILES string of the molecule is Cc1cccc2cncc(NC(=O)c3ccnc(Nc4ccc(C#N)cn4)c3)c12. The maximum atomic E-state index is 12.8. The number of aromatic nitrogens is 3. The minimum Gasteiger partial charge on any atom is -0.325 e. The van der Waals surface area contributed by atoms with E-state index in [0.29, 0.717) is 28.5 Å². The number of nitrogens with one attached hydrogen (secondary N) is 2. The molecule has 140 valence electrons. The molecular weight excluding hydrogens is 364 g/mol. The van der Waals surface area contributed by atoms with Crippen molar-refractivity contribution in [3.8, 4) is 6.07 Å². The van der Waals surface area contributed by atoms with Crippen LogP contribution in [-0.4, -0.2) is 20.9 Å². The fourth-order valence-corrected chi connectivity index (χ4v) is 3.02. The van der Waals surface area contributed by atoms with Crippen molar-refractivity contribution < 1.29 is 4.79 Å². The molecule has 3 heterocycles. The van der Waals surface area contributed by atoms with E-state index in [-0.39, 0.29) is 5.91 Å². The lowest BCUT2D eigenvalue weighted by Gasteiger charge is -2.11. The van der Waals surface area contributed by atoms with Crippen LogP contribution in [0.4, 0.5) is 17.3 Å². The van der Waals surface area contributed by atoms with Crippen molar-refractivity contribution in [2.24, 2.45) is 0 Å². The molecule has 7 heteroatoms. The molecule has 0 aliphatic rings.